The van der Waals surface area contributed by atoms with Gasteiger partial charge in [0.25, 0.3) is 0 Å². The maximum Gasteiger partial charge on any atom is 0.136 e. The van der Waals surface area contributed by atoms with Crippen LogP contribution in [0.25, 0.3) is 0 Å². The van der Waals surface area contributed by atoms with Gasteiger partial charge in [0.1, 0.15) is 11.5 Å². The van der Waals surface area contributed by atoms with Crippen LogP contribution >= 0.6 is 50.5 Å². The van der Waals surface area contributed by atoms with Crippen LogP contribution in [0.15, 0.2) is 48.5 Å². The fourth-order valence-corrected chi connectivity index (χ4v) is 6.17. The van der Waals surface area contributed by atoms with Crippen molar-refractivity contribution < 1.29 is 9.47 Å². The van der Waals surface area contributed by atoms with Gasteiger partial charge in [-0.25, -0.2) is 0 Å². The van der Waals surface area contributed by atoms with E-state index in [4.69, 9.17) is 9.47 Å². The van der Waals surface area contributed by atoms with Crippen molar-refractivity contribution in [3.63, 3.8) is 0 Å². The quantitative estimate of drug-likeness (QED) is 0.0530. The molecule has 3 aromatic carbocycles. The third kappa shape index (κ3) is 14.7. The van der Waals surface area contributed by atoms with Gasteiger partial charge in [0.2, 0.25) is 0 Å². The molecule has 0 aliphatic heterocycles. The molecule has 0 unspecified atom stereocenters. The Morgan fingerprint density at radius 2 is 0.750 bits per heavy atom. The van der Waals surface area contributed by atoms with Crippen molar-refractivity contribution in [2.45, 2.75) is 114 Å². The normalized spacial score (nSPS) is 10.6. The number of hydrogen-bond donors (Lipinski definition) is 4. The topological polar surface area (TPSA) is 18.5 Å². The third-order valence-corrected chi connectivity index (χ3v) is 9.57. The molecule has 3 aromatic rings. The van der Waals surface area contributed by atoms with E-state index in [2.05, 4.69) is 124 Å². The molecule has 0 bridgehead atoms. The zero-order valence-corrected chi connectivity index (χ0v) is 32.5. The van der Waals surface area contributed by atoms with Crippen LogP contribution < -0.4 is 9.47 Å². The highest BCUT2D eigenvalue weighted by Gasteiger charge is 2.12. The molecular formula is C42H54O2S4. The fraction of sp³-hybridized carbons (Fsp3) is 0.476. The molecule has 6 heteroatoms. The molecule has 48 heavy (non-hydrogen) atoms. The molecule has 258 valence electrons. The van der Waals surface area contributed by atoms with Crippen LogP contribution in [-0.4, -0.2) is 13.2 Å². The molecule has 0 heterocycles. The van der Waals surface area contributed by atoms with Crippen molar-refractivity contribution in [1.29, 1.82) is 0 Å². The van der Waals surface area contributed by atoms with Crippen molar-refractivity contribution in [2.75, 3.05) is 13.2 Å². The monoisotopic (exact) mass is 718 g/mol. The summed E-state index contributed by atoms with van der Waals surface area (Å²) in [5, 5.41) is 0. The molecule has 0 aromatic heterocycles. The van der Waals surface area contributed by atoms with Gasteiger partial charge in [-0.1, -0.05) is 114 Å². The van der Waals surface area contributed by atoms with Crippen molar-refractivity contribution in [2.24, 2.45) is 0 Å². The molecule has 0 saturated carbocycles. The SMILES string of the molecule is CCCCCCCCOc1cc(C#Cc2cc(CS)cc(CS)c2)c(OCCCCCCCC)cc1C#Cc1cc(CS)cc(CS)c1. The molecule has 0 fully saturated rings. The number of rotatable bonds is 20. The summed E-state index contributed by atoms with van der Waals surface area (Å²) in [5.74, 6) is 17.7. The van der Waals surface area contributed by atoms with Gasteiger partial charge in [0, 0.05) is 46.3 Å². The standard InChI is InChI=1S/C42H54O2S4/c1-3-5-7-9-11-13-19-43-41-27-40(18-16-34-23-37(31-47)26-38(24-34)32-48)42(44-20-14-12-10-8-6-4-2)28-39(41)17-15-33-21-35(29-45)25-36(22-33)30-46/h21-28,45-48H,3-14,19-20,29-32H2,1-2H3. The maximum atomic E-state index is 6.45. The van der Waals surface area contributed by atoms with E-state index in [9.17, 15) is 0 Å². The summed E-state index contributed by atoms with van der Waals surface area (Å²) >= 11 is 18.0. The lowest BCUT2D eigenvalue weighted by atomic mass is 10.0. The van der Waals surface area contributed by atoms with Gasteiger partial charge >= 0.3 is 0 Å². The summed E-state index contributed by atoms with van der Waals surface area (Å²) in [4.78, 5) is 0. The summed E-state index contributed by atoms with van der Waals surface area (Å²) in [6.07, 6.45) is 14.4. The van der Waals surface area contributed by atoms with Crippen molar-refractivity contribution >= 4 is 50.5 Å². The zero-order chi connectivity index (χ0) is 34.4. The van der Waals surface area contributed by atoms with Crippen LogP contribution in [0.1, 0.15) is 135 Å². The van der Waals surface area contributed by atoms with E-state index in [0.29, 0.717) is 36.2 Å². The van der Waals surface area contributed by atoms with E-state index in [1.807, 2.05) is 12.1 Å². The summed E-state index contributed by atoms with van der Waals surface area (Å²) in [6, 6.07) is 16.7. The van der Waals surface area contributed by atoms with Gasteiger partial charge in [-0.05, 0) is 59.4 Å². The van der Waals surface area contributed by atoms with Crippen LogP contribution in [0.3, 0.4) is 0 Å². The Kier molecular flexibility index (Phi) is 20.1. The van der Waals surface area contributed by atoms with Gasteiger partial charge < -0.3 is 9.47 Å². The largest absolute Gasteiger partial charge is 0.492 e. The second-order valence-electron chi connectivity index (χ2n) is 12.3. The van der Waals surface area contributed by atoms with Crippen molar-refractivity contribution in [3.8, 4) is 35.2 Å². The first-order valence-electron chi connectivity index (χ1n) is 17.7. The van der Waals surface area contributed by atoms with E-state index in [1.165, 1.54) is 51.4 Å². The minimum absolute atomic E-state index is 0.639. The fourth-order valence-electron chi connectivity index (χ4n) is 5.44. The molecule has 0 N–H and O–H groups in total. The van der Waals surface area contributed by atoms with Crippen LogP contribution in [-0.2, 0) is 23.0 Å². The summed E-state index contributed by atoms with van der Waals surface area (Å²) in [6.45, 7) is 5.77. The summed E-state index contributed by atoms with van der Waals surface area (Å²) in [5.41, 5.74) is 8.02. The molecule has 0 aliphatic carbocycles. The zero-order valence-electron chi connectivity index (χ0n) is 29.0. The smallest absolute Gasteiger partial charge is 0.136 e. The number of hydrogen-bond acceptors (Lipinski definition) is 6. The molecule has 0 spiro atoms. The van der Waals surface area contributed by atoms with Gasteiger partial charge in [-0.15, -0.1) is 0 Å². The maximum absolute atomic E-state index is 6.45. The first-order valence-corrected chi connectivity index (χ1v) is 20.2. The van der Waals surface area contributed by atoms with E-state index in [-0.39, 0.29) is 0 Å². The minimum atomic E-state index is 0.639. The van der Waals surface area contributed by atoms with Crippen LogP contribution in [0.5, 0.6) is 11.5 Å². The molecule has 0 aliphatic rings. The van der Waals surface area contributed by atoms with Crippen LogP contribution in [0.4, 0.5) is 0 Å². The molecule has 0 radical (unpaired) electrons. The lowest BCUT2D eigenvalue weighted by Crippen LogP contribution is -2.03. The second-order valence-corrected chi connectivity index (χ2v) is 13.6. The molecule has 3 rings (SSSR count). The molecular weight excluding hydrogens is 665 g/mol. The lowest BCUT2D eigenvalue weighted by molar-refractivity contribution is 0.295. The van der Waals surface area contributed by atoms with E-state index >= 15 is 0 Å². The highest BCUT2D eigenvalue weighted by Crippen LogP contribution is 2.30. The number of ether oxygens (including phenoxy) is 2. The van der Waals surface area contributed by atoms with Crippen molar-refractivity contribution in [1.82, 2.24) is 0 Å². The molecule has 0 saturated heterocycles. The van der Waals surface area contributed by atoms with E-state index < -0.39 is 0 Å². The lowest BCUT2D eigenvalue weighted by Gasteiger charge is -2.14. The Labute approximate surface area is 313 Å². The highest BCUT2D eigenvalue weighted by molar-refractivity contribution is 7.79. The van der Waals surface area contributed by atoms with Crippen LogP contribution in [0.2, 0.25) is 0 Å². The summed E-state index contributed by atoms with van der Waals surface area (Å²) in [7, 11) is 0. The third-order valence-electron chi connectivity index (χ3n) is 8.11. The number of unbranched alkanes of at least 4 members (excludes halogenated alkanes) is 10. The number of thiol groups is 4. The minimum Gasteiger partial charge on any atom is -0.492 e. The average Bonchev–Trinajstić information content (AvgIpc) is 3.12. The van der Waals surface area contributed by atoms with Gasteiger partial charge in [-0.3, -0.25) is 0 Å². The Morgan fingerprint density at radius 3 is 1.08 bits per heavy atom. The Hall–Kier alpha value is -2.22. The molecule has 0 amide bonds. The van der Waals surface area contributed by atoms with E-state index in [1.54, 1.807) is 0 Å². The number of benzene rings is 3. The first kappa shape index (κ1) is 40.2. The predicted molar refractivity (Wildman–Crippen MR) is 220 cm³/mol. The van der Waals surface area contributed by atoms with Gasteiger partial charge in [0.15, 0.2) is 0 Å². The Balaban J connectivity index is 2.00. The second kappa shape index (κ2) is 24.0. The Bertz CT molecular complexity index is 1370. The highest BCUT2D eigenvalue weighted by atomic mass is 32.1. The molecule has 0 atom stereocenters. The van der Waals surface area contributed by atoms with Gasteiger partial charge in [-0.2, -0.15) is 50.5 Å². The Morgan fingerprint density at radius 1 is 0.417 bits per heavy atom. The van der Waals surface area contributed by atoms with Crippen molar-refractivity contribution in [3.05, 3.63) is 93.0 Å². The predicted octanol–water partition coefficient (Wildman–Crippen LogP) is 11.7. The van der Waals surface area contributed by atoms with Gasteiger partial charge in [0.05, 0.1) is 24.3 Å². The van der Waals surface area contributed by atoms with E-state index in [0.717, 1.165) is 81.7 Å². The summed E-state index contributed by atoms with van der Waals surface area (Å²) < 4.78 is 12.9. The average molecular weight is 719 g/mol. The first-order chi connectivity index (χ1) is 23.5. The molecule has 2 nitrogen and oxygen atoms in total. The van der Waals surface area contributed by atoms with Crippen LogP contribution in [0, 0.1) is 23.7 Å².